The van der Waals surface area contributed by atoms with Crippen molar-refractivity contribution in [1.82, 2.24) is 7.76 Å². The topological polar surface area (TPSA) is 43.8 Å². The minimum Gasteiger partial charge on any atom is -0.384 e. The molecule has 0 saturated carbocycles. The lowest BCUT2D eigenvalue weighted by atomic mass is 10.6. The van der Waals surface area contributed by atoms with Gasteiger partial charge in [0, 0.05) is 6.20 Å². The molecule has 5 heteroatoms. The first kappa shape index (κ1) is 6.94. The highest BCUT2D eigenvalue weighted by molar-refractivity contribution is 14.1. The molecule has 0 aliphatic rings. The van der Waals surface area contributed by atoms with E-state index in [-0.39, 0.29) is 0 Å². The summed E-state index contributed by atoms with van der Waals surface area (Å²) in [4.78, 5) is 3.82. The fourth-order valence-corrected chi connectivity index (χ4v) is 0.836. The third kappa shape index (κ3) is 1.62. The molecule has 0 amide bonds. The van der Waals surface area contributed by atoms with Gasteiger partial charge in [0.15, 0.2) is 0 Å². The molecule has 1 aromatic rings. The minimum atomic E-state index is 0.466. The average Bonchev–Trinajstić information content (AvgIpc) is 1.80. The molecule has 0 unspecified atom stereocenters. The summed E-state index contributed by atoms with van der Waals surface area (Å²) < 4.78 is 2.19. The predicted molar refractivity (Wildman–Crippen MR) is 46.9 cm³/mol. The van der Waals surface area contributed by atoms with Gasteiger partial charge in [-0.2, -0.15) is 0 Å². The van der Waals surface area contributed by atoms with Gasteiger partial charge in [0.1, 0.15) is 5.82 Å². The highest BCUT2D eigenvalue weighted by Crippen LogP contribution is 1.99. The summed E-state index contributed by atoms with van der Waals surface area (Å²) >= 11 is 6.84. The first-order valence-electron chi connectivity index (χ1n) is 2.21. The molecule has 0 spiro atoms. The molecule has 0 atom stereocenters. The average molecular weight is 253 g/mol. The van der Waals surface area contributed by atoms with Crippen LogP contribution in [0.1, 0.15) is 0 Å². The minimum absolute atomic E-state index is 0.466. The van der Waals surface area contributed by atoms with Crippen LogP contribution in [0, 0.1) is 4.77 Å². The van der Waals surface area contributed by atoms with Crippen LogP contribution in [-0.4, -0.2) is 7.76 Å². The lowest BCUT2D eigenvalue weighted by Crippen LogP contribution is -1.93. The van der Waals surface area contributed by atoms with Crippen molar-refractivity contribution in [3.63, 3.8) is 0 Å². The summed E-state index contributed by atoms with van der Waals surface area (Å²) in [5.41, 5.74) is 5.33. The van der Waals surface area contributed by atoms with Crippen LogP contribution < -0.4 is 5.73 Å². The maximum Gasteiger partial charge on any atom is 0.210 e. The zero-order valence-electron chi connectivity index (χ0n) is 4.41. The quantitative estimate of drug-likeness (QED) is 0.561. The molecule has 48 valence electrons. The van der Waals surface area contributed by atoms with Crippen molar-refractivity contribution in [3.8, 4) is 0 Å². The van der Waals surface area contributed by atoms with E-state index in [0.717, 1.165) is 0 Å². The fraction of sp³-hybridized carbons (Fsp3) is 0. The van der Waals surface area contributed by atoms with E-state index in [2.05, 4.69) is 4.98 Å². The van der Waals surface area contributed by atoms with Crippen molar-refractivity contribution >= 4 is 40.9 Å². The SMILES string of the molecule is Nc1ccn(I)c(=S)n1. The van der Waals surface area contributed by atoms with Gasteiger partial charge in [-0.15, -0.1) is 0 Å². The van der Waals surface area contributed by atoms with E-state index in [1.165, 1.54) is 0 Å². The maximum atomic E-state index is 5.33. The molecule has 0 saturated heterocycles. The number of anilines is 1. The van der Waals surface area contributed by atoms with Gasteiger partial charge in [-0.25, -0.2) is 4.98 Å². The Hall–Kier alpha value is -0.170. The van der Waals surface area contributed by atoms with E-state index >= 15 is 0 Å². The zero-order valence-corrected chi connectivity index (χ0v) is 7.39. The third-order valence-corrected chi connectivity index (χ3v) is 2.18. The zero-order chi connectivity index (χ0) is 6.85. The molecule has 0 aliphatic carbocycles. The Morgan fingerprint density at radius 1 is 1.78 bits per heavy atom. The van der Waals surface area contributed by atoms with Crippen LogP contribution in [0.15, 0.2) is 12.3 Å². The van der Waals surface area contributed by atoms with Crippen LogP contribution in [0.25, 0.3) is 0 Å². The van der Waals surface area contributed by atoms with E-state index in [0.29, 0.717) is 10.6 Å². The largest absolute Gasteiger partial charge is 0.384 e. The lowest BCUT2D eigenvalue weighted by Gasteiger charge is -1.93. The second-order valence-electron chi connectivity index (χ2n) is 1.45. The predicted octanol–water partition coefficient (Wildman–Crippen LogP) is 1.39. The van der Waals surface area contributed by atoms with E-state index in [9.17, 15) is 0 Å². The number of nitrogen functional groups attached to an aromatic ring is 1. The Labute approximate surface area is 71.4 Å². The van der Waals surface area contributed by atoms with E-state index in [1.807, 2.05) is 22.9 Å². The summed E-state index contributed by atoms with van der Waals surface area (Å²) in [5.74, 6) is 0.466. The van der Waals surface area contributed by atoms with Crippen molar-refractivity contribution in [2.24, 2.45) is 0 Å². The second kappa shape index (κ2) is 2.61. The molecular formula is C4H4IN3S. The van der Waals surface area contributed by atoms with Crippen LogP contribution in [-0.2, 0) is 0 Å². The van der Waals surface area contributed by atoms with Crippen molar-refractivity contribution < 1.29 is 0 Å². The van der Waals surface area contributed by atoms with Gasteiger partial charge in [0.2, 0.25) is 4.77 Å². The molecule has 0 aliphatic heterocycles. The lowest BCUT2D eigenvalue weighted by molar-refractivity contribution is 1.12. The first-order valence-corrected chi connectivity index (χ1v) is 3.59. The molecular weight excluding hydrogens is 249 g/mol. The normalized spacial score (nSPS) is 9.44. The Kier molecular flexibility index (Phi) is 2.01. The molecule has 3 nitrogen and oxygen atoms in total. The molecule has 1 aromatic heterocycles. The molecule has 1 rings (SSSR count). The monoisotopic (exact) mass is 253 g/mol. The molecule has 0 fully saturated rings. The van der Waals surface area contributed by atoms with Gasteiger partial charge in [0.25, 0.3) is 0 Å². The number of hydrogen-bond donors (Lipinski definition) is 1. The van der Waals surface area contributed by atoms with E-state index in [4.69, 9.17) is 18.0 Å². The number of hydrogen-bond acceptors (Lipinski definition) is 3. The molecule has 9 heavy (non-hydrogen) atoms. The number of nitrogens with two attached hydrogens (primary N) is 1. The third-order valence-electron chi connectivity index (χ3n) is 0.784. The number of halogens is 1. The molecule has 2 N–H and O–H groups in total. The highest BCUT2D eigenvalue weighted by atomic mass is 127. The summed E-state index contributed by atoms with van der Waals surface area (Å²) in [5, 5.41) is 0. The standard InChI is InChI=1S/C4H4IN3S/c5-8-2-1-3(6)7-4(8)9/h1-2H,(H2,6,7,9). The number of aromatic nitrogens is 2. The molecule has 0 bridgehead atoms. The number of nitrogens with zero attached hydrogens (tertiary/aromatic N) is 2. The van der Waals surface area contributed by atoms with Gasteiger partial charge >= 0.3 is 0 Å². The van der Waals surface area contributed by atoms with E-state index < -0.39 is 0 Å². The van der Waals surface area contributed by atoms with Gasteiger partial charge in [0.05, 0.1) is 22.9 Å². The van der Waals surface area contributed by atoms with Gasteiger partial charge < -0.3 is 5.73 Å². The maximum absolute atomic E-state index is 5.33. The summed E-state index contributed by atoms with van der Waals surface area (Å²) in [7, 11) is 0. The smallest absolute Gasteiger partial charge is 0.210 e. The van der Waals surface area contributed by atoms with Crippen molar-refractivity contribution in [3.05, 3.63) is 17.0 Å². The Bertz CT molecular complexity index is 269. The Morgan fingerprint density at radius 3 is 2.89 bits per heavy atom. The molecule has 1 heterocycles. The van der Waals surface area contributed by atoms with Crippen LogP contribution in [0.4, 0.5) is 5.82 Å². The summed E-state index contributed by atoms with van der Waals surface area (Å²) in [6.07, 6.45) is 1.77. The first-order chi connectivity index (χ1) is 4.20. The molecule has 0 radical (unpaired) electrons. The van der Waals surface area contributed by atoms with E-state index in [1.54, 1.807) is 15.0 Å². The van der Waals surface area contributed by atoms with Crippen LogP contribution in [0.3, 0.4) is 0 Å². The van der Waals surface area contributed by atoms with Crippen molar-refractivity contribution in [1.29, 1.82) is 0 Å². The second-order valence-corrected chi connectivity index (χ2v) is 2.85. The Balaban J connectivity index is 3.34. The van der Waals surface area contributed by atoms with Crippen molar-refractivity contribution in [2.75, 3.05) is 5.73 Å². The summed E-state index contributed by atoms with van der Waals surface area (Å²) in [6, 6.07) is 1.70. The Morgan fingerprint density at radius 2 is 2.44 bits per heavy atom. The van der Waals surface area contributed by atoms with Crippen LogP contribution in [0.2, 0.25) is 0 Å². The van der Waals surface area contributed by atoms with Gasteiger partial charge in [-0.3, -0.25) is 2.78 Å². The van der Waals surface area contributed by atoms with Crippen LogP contribution >= 0.6 is 35.1 Å². The van der Waals surface area contributed by atoms with Gasteiger partial charge in [-0.05, 0) is 18.3 Å². The highest BCUT2D eigenvalue weighted by Gasteiger charge is 1.86. The molecule has 0 aromatic carbocycles. The van der Waals surface area contributed by atoms with Gasteiger partial charge in [-0.1, -0.05) is 0 Å². The summed E-state index contributed by atoms with van der Waals surface area (Å²) in [6.45, 7) is 0. The number of rotatable bonds is 0. The van der Waals surface area contributed by atoms with Crippen molar-refractivity contribution in [2.45, 2.75) is 0 Å². The fourth-order valence-electron chi connectivity index (χ4n) is 0.401. The van der Waals surface area contributed by atoms with Crippen LogP contribution in [0.5, 0.6) is 0 Å².